The second kappa shape index (κ2) is 5.45. The summed E-state index contributed by atoms with van der Waals surface area (Å²) < 4.78 is 1.07. The first-order valence-electron chi connectivity index (χ1n) is 5.70. The van der Waals surface area contributed by atoms with Crippen LogP contribution < -0.4 is 0 Å². The van der Waals surface area contributed by atoms with Crippen LogP contribution in [0.4, 0.5) is 0 Å². The number of nitrogens with zero attached hydrogens (tertiary/aromatic N) is 1. The molecular weight excluding hydrogens is 342 g/mol. The van der Waals surface area contributed by atoms with E-state index in [9.17, 15) is 0 Å². The molecule has 1 heterocycles. The molecule has 0 unspecified atom stereocenters. The van der Waals surface area contributed by atoms with Gasteiger partial charge < -0.3 is 0 Å². The summed E-state index contributed by atoms with van der Waals surface area (Å²) in [4.78, 5) is 4.66. The number of thiazole rings is 1. The van der Waals surface area contributed by atoms with E-state index in [1.54, 1.807) is 11.3 Å². The average Bonchev–Trinajstić information content (AvgIpc) is 2.89. The molecule has 2 aromatic carbocycles. The normalized spacial score (nSPS) is 10.6. The Labute approximate surface area is 129 Å². The van der Waals surface area contributed by atoms with Crippen molar-refractivity contribution in [3.63, 3.8) is 0 Å². The minimum absolute atomic E-state index is 0.732. The fraction of sp³-hybridized carbons (Fsp3) is 0. The zero-order valence-electron chi connectivity index (χ0n) is 9.81. The molecule has 4 heteroatoms. The van der Waals surface area contributed by atoms with Gasteiger partial charge in [0.15, 0.2) is 0 Å². The highest BCUT2D eigenvalue weighted by atomic mass is 79.9. The van der Waals surface area contributed by atoms with Gasteiger partial charge in [-0.25, -0.2) is 4.98 Å². The fourth-order valence-electron chi connectivity index (χ4n) is 1.79. The third kappa shape index (κ3) is 2.73. The van der Waals surface area contributed by atoms with Crippen LogP contribution in [0, 0.1) is 0 Å². The van der Waals surface area contributed by atoms with E-state index in [4.69, 9.17) is 11.6 Å². The lowest BCUT2D eigenvalue weighted by Gasteiger charge is -1.99. The van der Waals surface area contributed by atoms with Crippen LogP contribution in [0.3, 0.4) is 0 Å². The lowest BCUT2D eigenvalue weighted by molar-refractivity contribution is 1.40. The van der Waals surface area contributed by atoms with Crippen molar-refractivity contribution in [2.75, 3.05) is 0 Å². The molecule has 0 N–H and O–H groups in total. The maximum Gasteiger partial charge on any atom is 0.124 e. The van der Waals surface area contributed by atoms with E-state index in [-0.39, 0.29) is 0 Å². The van der Waals surface area contributed by atoms with E-state index in [0.717, 1.165) is 31.3 Å². The minimum atomic E-state index is 0.732. The number of hydrogen-bond donors (Lipinski definition) is 0. The van der Waals surface area contributed by atoms with E-state index in [0.29, 0.717) is 0 Å². The van der Waals surface area contributed by atoms with Crippen molar-refractivity contribution in [1.82, 2.24) is 4.98 Å². The zero-order valence-corrected chi connectivity index (χ0v) is 13.0. The first kappa shape index (κ1) is 12.9. The van der Waals surface area contributed by atoms with E-state index in [1.165, 1.54) is 0 Å². The van der Waals surface area contributed by atoms with Crippen LogP contribution in [0.15, 0.2) is 58.4 Å². The van der Waals surface area contributed by atoms with Crippen molar-refractivity contribution >= 4 is 38.9 Å². The van der Waals surface area contributed by atoms with Gasteiger partial charge in [-0.3, -0.25) is 0 Å². The quantitative estimate of drug-likeness (QED) is 0.561. The van der Waals surface area contributed by atoms with Gasteiger partial charge in [-0.2, -0.15) is 0 Å². The molecule has 0 fully saturated rings. The van der Waals surface area contributed by atoms with Crippen LogP contribution in [0.25, 0.3) is 21.8 Å². The third-order valence-electron chi connectivity index (χ3n) is 2.75. The fourth-order valence-corrected chi connectivity index (χ4v) is 3.11. The number of halogens is 2. The van der Waals surface area contributed by atoms with Gasteiger partial charge in [0.2, 0.25) is 0 Å². The van der Waals surface area contributed by atoms with Crippen LogP contribution in [0.2, 0.25) is 5.02 Å². The van der Waals surface area contributed by atoms with Crippen molar-refractivity contribution in [2.45, 2.75) is 0 Å². The van der Waals surface area contributed by atoms with Crippen molar-refractivity contribution < 1.29 is 0 Å². The van der Waals surface area contributed by atoms with Gasteiger partial charge in [0.25, 0.3) is 0 Å². The molecule has 0 amide bonds. The second-order valence-corrected chi connectivity index (χ2v) is 6.21. The molecule has 1 nitrogen and oxygen atoms in total. The lowest BCUT2D eigenvalue weighted by Crippen LogP contribution is -1.80. The standard InChI is InChI=1S/C15H9BrClNS/c16-11-7-5-10(6-8-11)15-18-14(9-19-15)12-3-1-2-4-13(12)17/h1-9H. The first-order valence-corrected chi connectivity index (χ1v) is 7.75. The summed E-state index contributed by atoms with van der Waals surface area (Å²) in [6.07, 6.45) is 0. The molecule has 0 saturated heterocycles. The largest absolute Gasteiger partial charge is 0.236 e. The summed E-state index contributed by atoms with van der Waals surface area (Å²) >= 11 is 11.3. The zero-order chi connectivity index (χ0) is 13.2. The van der Waals surface area contributed by atoms with Crippen molar-refractivity contribution in [1.29, 1.82) is 0 Å². The van der Waals surface area contributed by atoms with Crippen LogP contribution >= 0.6 is 38.9 Å². The molecule has 0 saturated carbocycles. The molecule has 0 aliphatic carbocycles. The Bertz CT molecular complexity index is 706. The number of aromatic nitrogens is 1. The average molecular weight is 351 g/mol. The molecule has 0 bridgehead atoms. The van der Waals surface area contributed by atoms with Crippen LogP contribution in [0.1, 0.15) is 0 Å². The van der Waals surface area contributed by atoms with Gasteiger partial charge in [0.1, 0.15) is 5.01 Å². The Balaban J connectivity index is 2.00. The summed E-state index contributed by atoms with van der Waals surface area (Å²) in [5.41, 5.74) is 3.02. The first-order chi connectivity index (χ1) is 9.24. The summed E-state index contributed by atoms with van der Waals surface area (Å²) in [5, 5.41) is 3.77. The topological polar surface area (TPSA) is 12.9 Å². The summed E-state index contributed by atoms with van der Waals surface area (Å²) in [7, 11) is 0. The second-order valence-electron chi connectivity index (χ2n) is 4.02. The predicted octanol–water partition coefficient (Wildman–Crippen LogP) is 5.89. The van der Waals surface area contributed by atoms with E-state index >= 15 is 0 Å². The predicted molar refractivity (Wildman–Crippen MR) is 85.7 cm³/mol. The van der Waals surface area contributed by atoms with Gasteiger partial charge in [0, 0.05) is 26.0 Å². The van der Waals surface area contributed by atoms with Gasteiger partial charge in [0.05, 0.1) is 5.69 Å². The molecule has 0 aliphatic heterocycles. The molecule has 0 aliphatic rings. The highest BCUT2D eigenvalue weighted by Crippen LogP contribution is 2.32. The monoisotopic (exact) mass is 349 g/mol. The van der Waals surface area contributed by atoms with Gasteiger partial charge in [-0.15, -0.1) is 11.3 Å². The number of hydrogen-bond acceptors (Lipinski definition) is 2. The SMILES string of the molecule is Clc1ccccc1-c1csc(-c2ccc(Br)cc2)n1. The van der Waals surface area contributed by atoms with Gasteiger partial charge in [-0.1, -0.05) is 57.9 Å². The number of benzene rings is 2. The van der Waals surface area contributed by atoms with Crippen LogP contribution in [-0.4, -0.2) is 4.98 Å². The molecule has 19 heavy (non-hydrogen) atoms. The van der Waals surface area contributed by atoms with Crippen LogP contribution in [0.5, 0.6) is 0 Å². The smallest absolute Gasteiger partial charge is 0.124 e. The van der Waals surface area contributed by atoms with Gasteiger partial charge in [-0.05, 0) is 18.2 Å². The molecule has 94 valence electrons. The lowest BCUT2D eigenvalue weighted by atomic mass is 10.2. The van der Waals surface area contributed by atoms with Crippen molar-refractivity contribution in [3.8, 4) is 21.8 Å². The Morgan fingerprint density at radius 3 is 2.47 bits per heavy atom. The molecule has 0 radical (unpaired) electrons. The molecular formula is C15H9BrClNS. The maximum absolute atomic E-state index is 6.19. The minimum Gasteiger partial charge on any atom is -0.236 e. The Morgan fingerprint density at radius 2 is 1.74 bits per heavy atom. The maximum atomic E-state index is 6.19. The van der Waals surface area contributed by atoms with E-state index < -0.39 is 0 Å². The molecule has 0 spiro atoms. The van der Waals surface area contributed by atoms with Gasteiger partial charge >= 0.3 is 0 Å². The van der Waals surface area contributed by atoms with Crippen molar-refractivity contribution in [2.24, 2.45) is 0 Å². The third-order valence-corrected chi connectivity index (χ3v) is 4.49. The Hall–Kier alpha value is -1.16. The summed E-state index contributed by atoms with van der Waals surface area (Å²) in [5.74, 6) is 0. The molecule has 1 aromatic heterocycles. The summed E-state index contributed by atoms with van der Waals surface area (Å²) in [6.45, 7) is 0. The molecule has 3 aromatic rings. The van der Waals surface area contributed by atoms with E-state index in [2.05, 4.69) is 33.0 Å². The van der Waals surface area contributed by atoms with Crippen LogP contribution in [-0.2, 0) is 0 Å². The number of rotatable bonds is 2. The molecule has 0 atom stereocenters. The highest BCUT2D eigenvalue weighted by molar-refractivity contribution is 9.10. The Morgan fingerprint density at radius 1 is 1.00 bits per heavy atom. The van der Waals surface area contributed by atoms with E-state index in [1.807, 2.05) is 41.8 Å². The Kier molecular flexibility index (Phi) is 3.69. The van der Waals surface area contributed by atoms with Crippen molar-refractivity contribution in [3.05, 3.63) is 63.4 Å². The molecule has 3 rings (SSSR count). The highest BCUT2D eigenvalue weighted by Gasteiger charge is 2.08. The summed E-state index contributed by atoms with van der Waals surface area (Å²) in [6, 6.07) is 15.9.